The van der Waals surface area contributed by atoms with Crippen LogP contribution in [-0.4, -0.2) is 27.0 Å². The molecule has 6 nitrogen and oxygen atoms in total. The van der Waals surface area contributed by atoms with E-state index in [1.165, 1.54) is 0 Å². The maximum atomic E-state index is 12.7. The van der Waals surface area contributed by atoms with Crippen LogP contribution in [0.4, 0.5) is 5.69 Å². The number of carbonyl (C=O) groups excluding carboxylic acids is 1. The van der Waals surface area contributed by atoms with Gasteiger partial charge in [-0.05, 0) is 61.9 Å². The zero-order valence-electron chi connectivity index (χ0n) is 16.3. The number of carbonyl (C=O) groups is 1. The van der Waals surface area contributed by atoms with Crippen LogP contribution in [0.25, 0.3) is 16.7 Å². The number of anilines is 1. The zero-order chi connectivity index (χ0) is 21.3. The Hall–Kier alpha value is -3.09. The van der Waals surface area contributed by atoms with E-state index in [-0.39, 0.29) is 5.91 Å². The van der Waals surface area contributed by atoms with E-state index in [1.807, 2.05) is 43.3 Å². The molecule has 1 heterocycles. The van der Waals surface area contributed by atoms with E-state index in [1.54, 1.807) is 36.0 Å². The van der Waals surface area contributed by atoms with Crippen molar-refractivity contribution in [1.29, 1.82) is 0 Å². The van der Waals surface area contributed by atoms with Crippen molar-refractivity contribution in [2.24, 2.45) is 0 Å². The number of amides is 1. The number of hydrogen-bond acceptors (Lipinski definition) is 4. The van der Waals surface area contributed by atoms with E-state index in [0.717, 1.165) is 16.8 Å². The number of aryl methyl sites for hydroxylation is 1. The highest BCUT2D eigenvalue weighted by Crippen LogP contribution is 2.29. The van der Waals surface area contributed by atoms with E-state index in [4.69, 9.17) is 27.9 Å². The maximum absolute atomic E-state index is 12.7. The van der Waals surface area contributed by atoms with Crippen molar-refractivity contribution in [3.63, 3.8) is 0 Å². The minimum absolute atomic E-state index is 0.307. The number of benzene rings is 3. The van der Waals surface area contributed by atoms with Crippen molar-refractivity contribution in [2.75, 3.05) is 5.32 Å². The van der Waals surface area contributed by atoms with E-state index >= 15 is 0 Å². The topological polar surface area (TPSA) is 69.0 Å². The minimum Gasteiger partial charge on any atom is -0.479 e. The fourth-order valence-electron chi connectivity index (χ4n) is 2.93. The van der Waals surface area contributed by atoms with Crippen molar-refractivity contribution in [3.05, 3.63) is 76.3 Å². The molecule has 1 amide bonds. The lowest BCUT2D eigenvalue weighted by molar-refractivity contribution is -0.122. The second-order valence-electron chi connectivity index (χ2n) is 6.80. The van der Waals surface area contributed by atoms with Gasteiger partial charge >= 0.3 is 0 Å². The molecule has 4 aromatic rings. The molecule has 0 saturated heterocycles. The average Bonchev–Trinajstić information content (AvgIpc) is 3.13. The van der Waals surface area contributed by atoms with E-state index in [0.29, 0.717) is 27.0 Å². The first kappa shape index (κ1) is 20.2. The van der Waals surface area contributed by atoms with Crippen LogP contribution < -0.4 is 10.1 Å². The normalized spacial score (nSPS) is 12.0. The number of nitrogens with one attached hydrogen (secondary N) is 1. The van der Waals surface area contributed by atoms with Gasteiger partial charge in [0, 0.05) is 10.7 Å². The van der Waals surface area contributed by atoms with Gasteiger partial charge in [-0.3, -0.25) is 4.79 Å². The van der Waals surface area contributed by atoms with Gasteiger partial charge in [0.15, 0.2) is 6.10 Å². The number of fused-ring (bicyclic) bond motifs is 1. The molecular formula is C22H18Cl2N4O2. The first-order valence-electron chi connectivity index (χ1n) is 9.26. The molecule has 0 saturated carbocycles. The second kappa shape index (κ2) is 8.34. The molecule has 0 aliphatic rings. The van der Waals surface area contributed by atoms with Crippen molar-refractivity contribution >= 4 is 45.8 Å². The van der Waals surface area contributed by atoms with Crippen LogP contribution in [0.1, 0.15) is 12.5 Å². The molecule has 0 spiro atoms. The maximum Gasteiger partial charge on any atom is 0.265 e. The molecule has 0 aliphatic heterocycles. The Bertz CT molecular complexity index is 1220. The summed E-state index contributed by atoms with van der Waals surface area (Å²) in [6.45, 7) is 3.55. The Morgan fingerprint density at radius 3 is 2.43 bits per heavy atom. The third-order valence-corrected chi connectivity index (χ3v) is 5.07. The molecule has 3 aromatic carbocycles. The SMILES string of the molecule is Cc1cc2nn(-c3ccccc3)nc2cc1NC(=O)[C@H](C)Oc1ccc(Cl)cc1Cl. The van der Waals surface area contributed by atoms with Crippen molar-refractivity contribution in [3.8, 4) is 11.4 Å². The molecule has 0 fully saturated rings. The van der Waals surface area contributed by atoms with Crippen LogP contribution in [-0.2, 0) is 4.79 Å². The number of ether oxygens (including phenoxy) is 1. The standard InChI is InChI=1S/C22H18Cl2N4O2/c1-13-10-19-20(27-28(26-19)16-6-4-3-5-7-16)12-18(13)25-22(29)14(2)30-21-9-8-15(23)11-17(21)24/h3-12,14H,1-2H3,(H,25,29)/t14-/m0/s1. The molecule has 1 atom stereocenters. The summed E-state index contributed by atoms with van der Waals surface area (Å²) >= 11 is 12.0. The smallest absolute Gasteiger partial charge is 0.265 e. The van der Waals surface area contributed by atoms with Gasteiger partial charge in [0.1, 0.15) is 16.8 Å². The fourth-order valence-corrected chi connectivity index (χ4v) is 3.38. The van der Waals surface area contributed by atoms with E-state index in [9.17, 15) is 4.79 Å². The highest BCUT2D eigenvalue weighted by molar-refractivity contribution is 6.35. The largest absolute Gasteiger partial charge is 0.479 e. The highest BCUT2D eigenvalue weighted by atomic mass is 35.5. The van der Waals surface area contributed by atoms with E-state index < -0.39 is 6.10 Å². The quantitative estimate of drug-likeness (QED) is 0.448. The lowest BCUT2D eigenvalue weighted by atomic mass is 10.1. The third kappa shape index (κ3) is 4.25. The molecule has 30 heavy (non-hydrogen) atoms. The zero-order valence-corrected chi connectivity index (χ0v) is 17.8. The molecule has 0 aliphatic carbocycles. The molecule has 0 bridgehead atoms. The summed E-state index contributed by atoms with van der Waals surface area (Å²) in [5.74, 6) is 0.0839. The third-order valence-electron chi connectivity index (χ3n) is 4.54. The van der Waals surface area contributed by atoms with Gasteiger partial charge in [-0.1, -0.05) is 41.4 Å². The summed E-state index contributed by atoms with van der Waals surface area (Å²) in [5.41, 5.74) is 3.79. The summed E-state index contributed by atoms with van der Waals surface area (Å²) in [6, 6.07) is 18.2. The lowest BCUT2D eigenvalue weighted by Gasteiger charge is -2.16. The van der Waals surface area contributed by atoms with Crippen LogP contribution in [0.15, 0.2) is 60.7 Å². The van der Waals surface area contributed by atoms with Gasteiger partial charge in [0.05, 0.1) is 10.7 Å². The van der Waals surface area contributed by atoms with Crippen molar-refractivity contribution < 1.29 is 9.53 Å². The summed E-state index contributed by atoms with van der Waals surface area (Å²) < 4.78 is 5.69. The van der Waals surface area contributed by atoms with Gasteiger partial charge in [-0.25, -0.2) is 0 Å². The molecule has 1 N–H and O–H groups in total. The summed E-state index contributed by atoms with van der Waals surface area (Å²) in [6.07, 6.45) is -0.765. The number of halogens is 2. The Balaban J connectivity index is 1.53. The van der Waals surface area contributed by atoms with Crippen LogP contribution >= 0.6 is 23.2 Å². The Labute approximate surface area is 183 Å². The summed E-state index contributed by atoms with van der Waals surface area (Å²) in [4.78, 5) is 14.2. The Morgan fingerprint density at radius 2 is 1.73 bits per heavy atom. The fraction of sp³-hybridized carbons (Fsp3) is 0.136. The molecule has 0 radical (unpaired) electrons. The van der Waals surface area contributed by atoms with Crippen LogP contribution in [0, 0.1) is 6.92 Å². The number of hydrogen-bond donors (Lipinski definition) is 1. The average molecular weight is 441 g/mol. The molecule has 8 heteroatoms. The molecule has 0 unspecified atom stereocenters. The minimum atomic E-state index is -0.765. The number of para-hydroxylation sites is 1. The highest BCUT2D eigenvalue weighted by Gasteiger charge is 2.18. The number of aromatic nitrogens is 3. The van der Waals surface area contributed by atoms with Gasteiger partial charge < -0.3 is 10.1 Å². The van der Waals surface area contributed by atoms with Crippen LogP contribution in [0.5, 0.6) is 5.75 Å². The van der Waals surface area contributed by atoms with Gasteiger partial charge in [-0.15, -0.1) is 10.2 Å². The van der Waals surface area contributed by atoms with Gasteiger partial charge in [-0.2, -0.15) is 4.80 Å². The van der Waals surface area contributed by atoms with Crippen LogP contribution in [0.2, 0.25) is 10.0 Å². The predicted octanol–water partition coefficient (Wildman–Crippen LogP) is 5.44. The van der Waals surface area contributed by atoms with Crippen molar-refractivity contribution in [2.45, 2.75) is 20.0 Å². The number of nitrogens with zero attached hydrogens (tertiary/aromatic N) is 3. The van der Waals surface area contributed by atoms with Gasteiger partial charge in [0.2, 0.25) is 0 Å². The summed E-state index contributed by atoms with van der Waals surface area (Å²) in [5, 5.41) is 12.8. The molecule has 4 rings (SSSR count). The molecule has 152 valence electrons. The van der Waals surface area contributed by atoms with Gasteiger partial charge in [0.25, 0.3) is 5.91 Å². The van der Waals surface area contributed by atoms with E-state index in [2.05, 4.69) is 15.5 Å². The Kier molecular flexibility index (Phi) is 5.61. The lowest BCUT2D eigenvalue weighted by Crippen LogP contribution is -2.30. The number of rotatable bonds is 5. The Morgan fingerprint density at radius 1 is 1.03 bits per heavy atom. The summed E-state index contributed by atoms with van der Waals surface area (Å²) in [7, 11) is 0. The first-order chi connectivity index (χ1) is 14.4. The van der Waals surface area contributed by atoms with Crippen molar-refractivity contribution in [1.82, 2.24) is 15.0 Å². The molecule has 1 aromatic heterocycles. The predicted molar refractivity (Wildman–Crippen MR) is 119 cm³/mol. The second-order valence-corrected chi connectivity index (χ2v) is 7.65. The first-order valence-corrected chi connectivity index (χ1v) is 10.0. The monoisotopic (exact) mass is 440 g/mol. The molecular weight excluding hydrogens is 423 g/mol. The van der Waals surface area contributed by atoms with Crippen LogP contribution in [0.3, 0.4) is 0 Å².